The number of nitrogens with zero attached hydrogens (tertiary/aromatic N) is 4. The number of nitrogens with one attached hydrogen (secondary N) is 1. The number of hydrogen-bond acceptors (Lipinski definition) is 6. The lowest BCUT2D eigenvalue weighted by molar-refractivity contribution is -0.133. The molecule has 0 saturated carbocycles. The highest BCUT2D eigenvalue weighted by Gasteiger charge is 2.24. The topological polar surface area (TPSA) is 110 Å². The van der Waals surface area contributed by atoms with E-state index < -0.39 is 0 Å². The molecule has 3 heterocycles. The van der Waals surface area contributed by atoms with Crippen molar-refractivity contribution < 1.29 is 9.53 Å². The molecular formula is C26H27N5O4. The highest BCUT2D eigenvalue weighted by atomic mass is 16.5. The predicted octanol–water partition coefficient (Wildman–Crippen LogP) is 2.54. The molecule has 35 heavy (non-hydrogen) atoms. The van der Waals surface area contributed by atoms with Crippen LogP contribution in [0.2, 0.25) is 0 Å². The molecule has 1 saturated heterocycles. The lowest BCUT2D eigenvalue weighted by Crippen LogP contribution is -2.38. The Hall–Kier alpha value is -3.85. The third-order valence-corrected chi connectivity index (χ3v) is 6.43. The van der Waals surface area contributed by atoms with Crippen molar-refractivity contribution in [1.82, 2.24) is 24.4 Å². The second-order valence-corrected chi connectivity index (χ2v) is 8.90. The molecule has 1 aliphatic rings. The SMILES string of the molecule is Cc1cccc2c(=O)n(CCC(=O)N(Cc3nc4ccccc4c(=O)[nH]3)CC3CCCO3)cnc12. The Morgan fingerprint density at radius 1 is 1.17 bits per heavy atom. The maximum Gasteiger partial charge on any atom is 0.261 e. The van der Waals surface area contributed by atoms with Crippen LogP contribution in [0.5, 0.6) is 0 Å². The Balaban J connectivity index is 1.37. The molecule has 0 bridgehead atoms. The Labute approximate surface area is 201 Å². The van der Waals surface area contributed by atoms with E-state index in [1.54, 1.807) is 29.2 Å². The van der Waals surface area contributed by atoms with E-state index in [9.17, 15) is 14.4 Å². The number of rotatable bonds is 7. The van der Waals surface area contributed by atoms with Crippen LogP contribution < -0.4 is 11.1 Å². The summed E-state index contributed by atoms with van der Waals surface area (Å²) >= 11 is 0. The molecule has 0 spiro atoms. The summed E-state index contributed by atoms with van der Waals surface area (Å²) in [5, 5.41) is 1.04. The van der Waals surface area contributed by atoms with Gasteiger partial charge in [-0.05, 0) is 43.5 Å². The van der Waals surface area contributed by atoms with Crippen LogP contribution >= 0.6 is 0 Å². The number of aryl methyl sites for hydroxylation is 2. The van der Waals surface area contributed by atoms with Gasteiger partial charge in [0.15, 0.2) is 0 Å². The van der Waals surface area contributed by atoms with Crippen LogP contribution in [0.4, 0.5) is 0 Å². The van der Waals surface area contributed by atoms with Gasteiger partial charge in [-0.1, -0.05) is 24.3 Å². The minimum absolute atomic E-state index is 0.0563. The minimum Gasteiger partial charge on any atom is -0.376 e. The average molecular weight is 474 g/mol. The van der Waals surface area contributed by atoms with Gasteiger partial charge >= 0.3 is 0 Å². The Morgan fingerprint density at radius 3 is 2.83 bits per heavy atom. The Morgan fingerprint density at radius 2 is 2.00 bits per heavy atom. The number of benzene rings is 2. The van der Waals surface area contributed by atoms with Crippen molar-refractivity contribution in [3.05, 3.63) is 80.9 Å². The maximum atomic E-state index is 13.3. The first-order valence-electron chi connectivity index (χ1n) is 11.8. The van der Waals surface area contributed by atoms with Crippen LogP contribution in [0, 0.1) is 6.92 Å². The van der Waals surface area contributed by atoms with Gasteiger partial charge in [0.2, 0.25) is 5.91 Å². The summed E-state index contributed by atoms with van der Waals surface area (Å²) in [7, 11) is 0. The first-order chi connectivity index (χ1) is 17.0. The number of hydrogen-bond donors (Lipinski definition) is 1. The quantitative estimate of drug-likeness (QED) is 0.442. The molecule has 9 heteroatoms. The third-order valence-electron chi connectivity index (χ3n) is 6.43. The Kier molecular flexibility index (Phi) is 6.41. The molecule has 0 aliphatic carbocycles. The monoisotopic (exact) mass is 473 g/mol. The zero-order chi connectivity index (χ0) is 24.4. The fraction of sp³-hybridized carbons (Fsp3) is 0.346. The summed E-state index contributed by atoms with van der Waals surface area (Å²) < 4.78 is 7.23. The van der Waals surface area contributed by atoms with Gasteiger partial charge < -0.3 is 14.6 Å². The van der Waals surface area contributed by atoms with Crippen molar-refractivity contribution in [1.29, 1.82) is 0 Å². The molecular weight excluding hydrogens is 446 g/mol. The lowest BCUT2D eigenvalue weighted by Gasteiger charge is -2.25. The standard InChI is InChI=1S/C26H27N5O4/c1-17-6-4-9-20-24(17)27-16-30(26(20)34)12-11-23(32)31(14-18-7-5-13-35-18)15-22-28-21-10-3-2-8-19(21)25(33)29-22/h2-4,6,8-10,16,18H,5,7,11-15H2,1H3,(H,28,29,33). The van der Waals surface area contributed by atoms with Gasteiger partial charge in [-0.15, -0.1) is 0 Å². The van der Waals surface area contributed by atoms with Gasteiger partial charge in [-0.2, -0.15) is 0 Å². The summed E-state index contributed by atoms with van der Waals surface area (Å²) in [6, 6.07) is 12.6. The molecule has 9 nitrogen and oxygen atoms in total. The molecule has 0 radical (unpaired) electrons. The molecule has 5 rings (SSSR count). The smallest absolute Gasteiger partial charge is 0.261 e. The van der Waals surface area contributed by atoms with Crippen LogP contribution in [0.1, 0.15) is 30.7 Å². The minimum atomic E-state index is -0.237. The number of aromatic nitrogens is 4. The third kappa shape index (κ3) is 4.85. The molecule has 4 aromatic rings. The Bertz CT molecular complexity index is 1500. The van der Waals surface area contributed by atoms with Gasteiger partial charge in [-0.3, -0.25) is 19.0 Å². The summed E-state index contributed by atoms with van der Waals surface area (Å²) in [5.74, 6) is 0.271. The molecule has 1 unspecified atom stereocenters. The lowest BCUT2D eigenvalue weighted by atomic mass is 10.1. The molecule has 2 aromatic carbocycles. The van der Waals surface area contributed by atoms with Gasteiger partial charge in [-0.25, -0.2) is 9.97 Å². The zero-order valence-corrected chi connectivity index (χ0v) is 19.6. The van der Waals surface area contributed by atoms with Crippen molar-refractivity contribution in [2.75, 3.05) is 13.2 Å². The number of carbonyl (C=O) groups excluding carboxylic acids is 1. The van der Waals surface area contributed by atoms with E-state index >= 15 is 0 Å². The number of fused-ring (bicyclic) bond motifs is 2. The molecule has 180 valence electrons. The highest BCUT2D eigenvalue weighted by Crippen LogP contribution is 2.16. The average Bonchev–Trinajstić information content (AvgIpc) is 3.37. The first kappa shape index (κ1) is 22.9. The van der Waals surface area contributed by atoms with Crippen LogP contribution in [-0.4, -0.2) is 49.6 Å². The van der Waals surface area contributed by atoms with Gasteiger partial charge in [0, 0.05) is 26.1 Å². The van der Waals surface area contributed by atoms with Gasteiger partial charge in [0.1, 0.15) is 5.82 Å². The molecule has 1 N–H and O–H groups in total. The number of H-pyrrole nitrogens is 1. The first-order valence-corrected chi connectivity index (χ1v) is 11.8. The van der Waals surface area contributed by atoms with E-state index in [0.717, 1.165) is 18.4 Å². The van der Waals surface area contributed by atoms with Crippen molar-refractivity contribution in [2.45, 2.75) is 45.4 Å². The fourth-order valence-electron chi connectivity index (χ4n) is 4.55. The molecule has 1 atom stereocenters. The van der Waals surface area contributed by atoms with Crippen LogP contribution in [0.25, 0.3) is 21.8 Å². The van der Waals surface area contributed by atoms with E-state index in [0.29, 0.717) is 40.8 Å². The largest absolute Gasteiger partial charge is 0.376 e. The summed E-state index contributed by atoms with van der Waals surface area (Å²) in [4.78, 5) is 52.2. The van der Waals surface area contributed by atoms with Crippen molar-refractivity contribution >= 4 is 27.7 Å². The van der Waals surface area contributed by atoms with Gasteiger partial charge in [0.25, 0.3) is 11.1 Å². The normalized spacial score (nSPS) is 15.6. The van der Waals surface area contributed by atoms with Crippen molar-refractivity contribution in [3.63, 3.8) is 0 Å². The fourth-order valence-corrected chi connectivity index (χ4v) is 4.55. The summed E-state index contributed by atoms with van der Waals surface area (Å²) in [5.41, 5.74) is 1.78. The molecule has 1 aliphatic heterocycles. The second kappa shape index (κ2) is 9.79. The highest BCUT2D eigenvalue weighted by molar-refractivity contribution is 5.80. The molecule has 1 amide bonds. The number of para-hydroxylation sites is 2. The van der Waals surface area contributed by atoms with E-state index in [1.807, 2.05) is 25.1 Å². The number of carbonyl (C=O) groups is 1. The van der Waals surface area contributed by atoms with E-state index in [2.05, 4.69) is 15.0 Å². The van der Waals surface area contributed by atoms with Crippen molar-refractivity contribution in [2.24, 2.45) is 0 Å². The molecule has 1 fully saturated rings. The van der Waals surface area contributed by atoms with Crippen LogP contribution in [0.15, 0.2) is 58.4 Å². The van der Waals surface area contributed by atoms with Crippen LogP contribution in [0.3, 0.4) is 0 Å². The van der Waals surface area contributed by atoms with Crippen molar-refractivity contribution in [3.8, 4) is 0 Å². The maximum absolute atomic E-state index is 13.3. The number of ether oxygens (including phenoxy) is 1. The number of amides is 1. The van der Waals surface area contributed by atoms with Gasteiger partial charge in [0.05, 0.1) is 40.8 Å². The summed E-state index contributed by atoms with van der Waals surface area (Å²) in [6.07, 6.45) is 3.38. The van der Waals surface area contributed by atoms with E-state index in [4.69, 9.17) is 4.74 Å². The van der Waals surface area contributed by atoms with E-state index in [1.165, 1.54) is 10.9 Å². The van der Waals surface area contributed by atoms with Crippen LogP contribution in [-0.2, 0) is 22.6 Å². The molecule has 2 aromatic heterocycles. The summed E-state index contributed by atoms with van der Waals surface area (Å²) in [6.45, 7) is 3.35. The zero-order valence-electron chi connectivity index (χ0n) is 19.6. The predicted molar refractivity (Wildman–Crippen MR) is 132 cm³/mol. The second-order valence-electron chi connectivity index (χ2n) is 8.90. The number of aromatic amines is 1. The van der Waals surface area contributed by atoms with E-state index in [-0.39, 0.29) is 42.6 Å².